The van der Waals surface area contributed by atoms with Gasteiger partial charge in [0.05, 0.1) is 9.90 Å². The zero-order valence-corrected chi connectivity index (χ0v) is 10.4. The molecule has 0 atom stereocenters. The average molecular weight is 275 g/mol. The van der Waals surface area contributed by atoms with Gasteiger partial charge in [0.25, 0.3) is 5.91 Å². The number of thiophene rings is 1. The van der Waals surface area contributed by atoms with E-state index in [0.29, 0.717) is 20.8 Å². The molecule has 0 bridgehead atoms. The van der Waals surface area contributed by atoms with Crippen molar-refractivity contribution >= 4 is 40.4 Å². The highest BCUT2D eigenvalue weighted by molar-refractivity contribution is 7.20. The van der Waals surface area contributed by atoms with Gasteiger partial charge in [-0.25, -0.2) is 0 Å². The predicted octanol–water partition coefficient (Wildman–Crippen LogP) is 3.31. The third kappa shape index (κ3) is 2.58. The largest absolute Gasteiger partial charge is 0.367 e. The monoisotopic (exact) mass is 274 g/mol. The molecule has 0 fully saturated rings. The summed E-state index contributed by atoms with van der Waals surface area (Å²) in [5.41, 5.74) is 1.43. The number of hydrogen-bond acceptors (Lipinski definition) is 2. The molecule has 2 aromatic heterocycles. The minimum Gasteiger partial charge on any atom is -0.367 e. The van der Waals surface area contributed by atoms with Gasteiger partial charge >= 0.3 is 0 Å². The van der Waals surface area contributed by atoms with Gasteiger partial charge in [-0.2, -0.15) is 0 Å². The smallest absolute Gasteiger partial charge is 0.253 e. The number of aromatic nitrogens is 1. The van der Waals surface area contributed by atoms with Crippen LogP contribution in [0.3, 0.4) is 0 Å². The number of carbonyl (C=O) groups excluding carboxylic acids is 1. The maximum absolute atomic E-state index is 11.7. The Morgan fingerprint density at radius 3 is 2.88 bits per heavy atom. The number of aromatic amines is 1. The minimum absolute atomic E-state index is 0.214. The fourth-order valence-electron chi connectivity index (χ4n) is 1.24. The molecule has 2 heterocycles. The second-order valence-corrected chi connectivity index (χ2v) is 5.43. The van der Waals surface area contributed by atoms with Crippen LogP contribution in [0.5, 0.6) is 0 Å². The van der Waals surface area contributed by atoms with Crippen LogP contribution >= 0.6 is 34.5 Å². The first kappa shape index (κ1) is 11.5. The first-order valence-electron chi connectivity index (χ1n) is 4.51. The molecule has 6 heteroatoms. The molecule has 1 amide bonds. The Kier molecular flexibility index (Phi) is 3.53. The van der Waals surface area contributed by atoms with E-state index in [0.717, 1.165) is 5.56 Å². The van der Waals surface area contributed by atoms with Gasteiger partial charge in [-0.3, -0.25) is 4.79 Å². The van der Waals surface area contributed by atoms with Crippen molar-refractivity contribution in [1.29, 1.82) is 0 Å². The van der Waals surface area contributed by atoms with Crippen molar-refractivity contribution in [3.05, 3.63) is 44.3 Å². The van der Waals surface area contributed by atoms with Gasteiger partial charge < -0.3 is 10.3 Å². The van der Waals surface area contributed by atoms with Crippen molar-refractivity contribution in [2.24, 2.45) is 0 Å². The SMILES string of the molecule is O=C(NCc1cc[nH]c1)c1cc(Cl)sc1Cl. The molecule has 0 saturated carbocycles. The third-order valence-corrected chi connectivity index (χ3v) is 3.50. The fourth-order valence-corrected chi connectivity index (χ4v) is 2.70. The average Bonchev–Trinajstić information content (AvgIpc) is 2.84. The van der Waals surface area contributed by atoms with Crippen LogP contribution in [-0.4, -0.2) is 10.9 Å². The van der Waals surface area contributed by atoms with E-state index in [1.54, 1.807) is 12.3 Å². The molecular formula is C10H8Cl2N2OS. The van der Waals surface area contributed by atoms with E-state index in [9.17, 15) is 4.79 Å². The zero-order chi connectivity index (χ0) is 11.5. The molecule has 0 aliphatic carbocycles. The lowest BCUT2D eigenvalue weighted by Crippen LogP contribution is -2.22. The Morgan fingerprint density at radius 1 is 1.50 bits per heavy atom. The quantitative estimate of drug-likeness (QED) is 0.886. The summed E-state index contributed by atoms with van der Waals surface area (Å²) >= 11 is 12.8. The first-order valence-corrected chi connectivity index (χ1v) is 6.09. The molecule has 0 spiro atoms. The van der Waals surface area contributed by atoms with Gasteiger partial charge in [0, 0.05) is 18.9 Å². The molecular weight excluding hydrogens is 267 g/mol. The molecule has 3 nitrogen and oxygen atoms in total. The highest BCUT2D eigenvalue weighted by Crippen LogP contribution is 2.30. The molecule has 0 aromatic carbocycles. The second kappa shape index (κ2) is 4.91. The Balaban J connectivity index is 2.01. The first-order chi connectivity index (χ1) is 7.66. The van der Waals surface area contributed by atoms with E-state index >= 15 is 0 Å². The van der Waals surface area contributed by atoms with E-state index in [1.165, 1.54) is 11.3 Å². The zero-order valence-electron chi connectivity index (χ0n) is 8.09. The Labute approximate surface area is 106 Å². The van der Waals surface area contributed by atoms with Crippen LogP contribution in [-0.2, 0) is 6.54 Å². The summed E-state index contributed by atoms with van der Waals surface area (Å²) in [5.74, 6) is -0.214. The number of amides is 1. The van der Waals surface area contributed by atoms with Gasteiger partial charge in [0.2, 0.25) is 0 Å². The number of rotatable bonds is 3. The van der Waals surface area contributed by atoms with Crippen LogP contribution in [0.4, 0.5) is 0 Å². The minimum atomic E-state index is -0.214. The molecule has 0 unspecified atom stereocenters. The van der Waals surface area contributed by atoms with E-state index in [4.69, 9.17) is 23.2 Å². The van der Waals surface area contributed by atoms with Crippen LogP contribution < -0.4 is 5.32 Å². The molecule has 0 radical (unpaired) electrons. The Morgan fingerprint density at radius 2 is 2.31 bits per heavy atom. The summed E-state index contributed by atoms with van der Waals surface area (Å²) in [4.78, 5) is 14.6. The number of H-pyrrole nitrogens is 1. The lowest BCUT2D eigenvalue weighted by Gasteiger charge is -2.01. The lowest BCUT2D eigenvalue weighted by atomic mass is 10.3. The van der Waals surface area contributed by atoms with Crippen molar-refractivity contribution in [3.63, 3.8) is 0 Å². The fraction of sp³-hybridized carbons (Fsp3) is 0.100. The normalized spacial score (nSPS) is 10.4. The highest BCUT2D eigenvalue weighted by Gasteiger charge is 2.13. The topological polar surface area (TPSA) is 44.9 Å². The van der Waals surface area contributed by atoms with Crippen LogP contribution in [0, 0.1) is 0 Å². The molecule has 2 aromatic rings. The van der Waals surface area contributed by atoms with E-state index in [-0.39, 0.29) is 5.91 Å². The van der Waals surface area contributed by atoms with Gasteiger partial charge in [-0.15, -0.1) is 11.3 Å². The van der Waals surface area contributed by atoms with Gasteiger partial charge in [0.15, 0.2) is 0 Å². The number of nitrogens with one attached hydrogen (secondary N) is 2. The van der Waals surface area contributed by atoms with Crippen molar-refractivity contribution in [1.82, 2.24) is 10.3 Å². The van der Waals surface area contributed by atoms with Gasteiger partial charge in [-0.05, 0) is 17.7 Å². The van der Waals surface area contributed by atoms with Crippen LogP contribution in [0.1, 0.15) is 15.9 Å². The summed E-state index contributed by atoms with van der Waals surface area (Å²) in [7, 11) is 0. The standard InChI is InChI=1S/C10H8Cl2N2OS/c11-8-3-7(9(12)16-8)10(15)14-5-6-1-2-13-4-6/h1-4,13H,5H2,(H,14,15). The predicted molar refractivity (Wildman–Crippen MR) is 66.3 cm³/mol. The number of hydrogen-bond donors (Lipinski definition) is 2. The van der Waals surface area contributed by atoms with Gasteiger partial charge in [-0.1, -0.05) is 23.2 Å². The molecule has 16 heavy (non-hydrogen) atoms. The third-order valence-electron chi connectivity index (χ3n) is 2.02. The second-order valence-electron chi connectivity index (χ2n) is 3.14. The summed E-state index contributed by atoms with van der Waals surface area (Å²) < 4.78 is 0.924. The Bertz CT molecular complexity index is 493. The number of halogens is 2. The van der Waals surface area contributed by atoms with E-state index in [1.807, 2.05) is 12.3 Å². The van der Waals surface area contributed by atoms with E-state index in [2.05, 4.69) is 10.3 Å². The van der Waals surface area contributed by atoms with Crippen molar-refractivity contribution in [2.75, 3.05) is 0 Å². The molecule has 0 aliphatic rings. The molecule has 2 N–H and O–H groups in total. The van der Waals surface area contributed by atoms with Crippen molar-refractivity contribution < 1.29 is 4.79 Å². The summed E-state index contributed by atoms with van der Waals surface area (Å²) in [6.45, 7) is 0.464. The van der Waals surface area contributed by atoms with Crippen LogP contribution in [0.15, 0.2) is 24.5 Å². The summed E-state index contributed by atoms with van der Waals surface area (Å²) in [5, 5.41) is 2.76. The summed E-state index contributed by atoms with van der Waals surface area (Å²) in [6.07, 6.45) is 3.62. The van der Waals surface area contributed by atoms with Gasteiger partial charge in [0.1, 0.15) is 4.34 Å². The van der Waals surface area contributed by atoms with E-state index < -0.39 is 0 Å². The maximum Gasteiger partial charge on any atom is 0.253 e. The summed E-state index contributed by atoms with van der Waals surface area (Å²) in [6, 6.07) is 3.46. The van der Waals surface area contributed by atoms with Crippen molar-refractivity contribution in [3.8, 4) is 0 Å². The molecule has 2 rings (SSSR count). The van der Waals surface area contributed by atoms with Crippen molar-refractivity contribution in [2.45, 2.75) is 6.54 Å². The van der Waals surface area contributed by atoms with Crippen LogP contribution in [0.2, 0.25) is 8.67 Å². The molecule has 0 saturated heterocycles. The van der Waals surface area contributed by atoms with Crippen LogP contribution in [0.25, 0.3) is 0 Å². The Hall–Kier alpha value is -0.970. The molecule has 84 valence electrons. The number of carbonyl (C=O) groups is 1. The maximum atomic E-state index is 11.7. The lowest BCUT2D eigenvalue weighted by molar-refractivity contribution is 0.0951. The highest BCUT2D eigenvalue weighted by atomic mass is 35.5. The molecule has 0 aliphatic heterocycles.